The fourth-order valence-corrected chi connectivity index (χ4v) is 2.51. The first-order valence-corrected chi connectivity index (χ1v) is 7.25. The Morgan fingerprint density at radius 1 is 1.24 bits per heavy atom. The Labute approximate surface area is 124 Å². The van der Waals surface area contributed by atoms with Crippen molar-refractivity contribution in [2.75, 3.05) is 6.54 Å². The second kappa shape index (κ2) is 6.80. The van der Waals surface area contributed by atoms with E-state index in [0.29, 0.717) is 13.0 Å². The Hall–Kier alpha value is -1.75. The summed E-state index contributed by atoms with van der Waals surface area (Å²) in [7, 11) is 1.86. The Morgan fingerprint density at radius 2 is 1.90 bits per heavy atom. The van der Waals surface area contributed by atoms with Crippen LogP contribution in [0.15, 0.2) is 24.3 Å². The van der Waals surface area contributed by atoms with E-state index in [9.17, 15) is 8.78 Å². The minimum Gasteiger partial charge on any atom is -0.310 e. The summed E-state index contributed by atoms with van der Waals surface area (Å²) in [6.07, 6.45) is 1.34. The minimum absolute atomic E-state index is 0.0959. The number of aryl methyl sites for hydroxylation is 2. The highest BCUT2D eigenvalue weighted by molar-refractivity contribution is 5.25. The molecule has 0 aliphatic heterocycles. The van der Waals surface area contributed by atoms with E-state index >= 15 is 0 Å². The van der Waals surface area contributed by atoms with Gasteiger partial charge < -0.3 is 5.32 Å². The van der Waals surface area contributed by atoms with Crippen molar-refractivity contribution in [3.05, 3.63) is 52.9 Å². The lowest BCUT2D eigenvalue weighted by molar-refractivity contribution is 0.464. The predicted molar refractivity (Wildman–Crippen MR) is 79.1 cm³/mol. The Kier molecular flexibility index (Phi) is 5.07. The zero-order valence-electron chi connectivity index (χ0n) is 12.7. The smallest absolute Gasteiger partial charge is 0.130 e. The second-order valence-electron chi connectivity index (χ2n) is 5.05. The van der Waals surface area contributed by atoms with Crippen LogP contribution in [0.25, 0.3) is 0 Å². The van der Waals surface area contributed by atoms with Gasteiger partial charge in [0.25, 0.3) is 0 Å². The highest BCUT2D eigenvalue weighted by Gasteiger charge is 2.21. The molecule has 1 aromatic carbocycles. The lowest BCUT2D eigenvalue weighted by atomic mass is 10.00. The van der Waals surface area contributed by atoms with E-state index in [4.69, 9.17) is 0 Å². The van der Waals surface area contributed by atoms with E-state index in [1.807, 2.05) is 27.0 Å². The maximum absolute atomic E-state index is 14.0. The van der Waals surface area contributed by atoms with Crippen molar-refractivity contribution in [2.24, 2.45) is 7.05 Å². The van der Waals surface area contributed by atoms with Gasteiger partial charge in [0.15, 0.2) is 0 Å². The van der Waals surface area contributed by atoms with E-state index in [-0.39, 0.29) is 5.56 Å². The number of nitrogens with zero attached hydrogens (tertiary/aromatic N) is 2. The van der Waals surface area contributed by atoms with Gasteiger partial charge >= 0.3 is 0 Å². The monoisotopic (exact) mass is 293 g/mol. The SMILES string of the molecule is CCNC(Cc1cc(CC)nn1C)c1c(F)cccc1F. The van der Waals surface area contributed by atoms with Crippen LogP contribution >= 0.6 is 0 Å². The van der Waals surface area contributed by atoms with Gasteiger partial charge in [-0.3, -0.25) is 4.68 Å². The van der Waals surface area contributed by atoms with E-state index in [1.165, 1.54) is 18.2 Å². The summed E-state index contributed by atoms with van der Waals surface area (Å²) >= 11 is 0. The maximum atomic E-state index is 14.0. The lowest BCUT2D eigenvalue weighted by Crippen LogP contribution is -2.25. The van der Waals surface area contributed by atoms with E-state index in [2.05, 4.69) is 10.4 Å². The standard InChI is InChI=1S/C16H21F2N3/c1-4-11-9-12(21(3)20-11)10-15(19-5-2)16-13(17)7-6-8-14(16)18/h6-9,15,19H,4-5,10H2,1-3H3. The summed E-state index contributed by atoms with van der Waals surface area (Å²) in [4.78, 5) is 0. The van der Waals surface area contributed by atoms with Crippen LogP contribution < -0.4 is 5.32 Å². The fourth-order valence-electron chi connectivity index (χ4n) is 2.51. The van der Waals surface area contributed by atoms with Gasteiger partial charge in [-0.2, -0.15) is 5.10 Å². The first-order valence-electron chi connectivity index (χ1n) is 7.25. The van der Waals surface area contributed by atoms with Crippen molar-refractivity contribution >= 4 is 0 Å². The molecule has 5 heteroatoms. The molecule has 1 N–H and O–H groups in total. The molecule has 1 aromatic heterocycles. The van der Waals surface area contributed by atoms with E-state index in [0.717, 1.165) is 17.8 Å². The van der Waals surface area contributed by atoms with Crippen molar-refractivity contribution in [1.82, 2.24) is 15.1 Å². The Bertz CT molecular complexity index is 587. The average molecular weight is 293 g/mol. The van der Waals surface area contributed by atoms with Crippen LogP contribution in [0, 0.1) is 11.6 Å². The first kappa shape index (κ1) is 15.6. The molecule has 1 unspecified atom stereocenters. The van der Waals surface area contributed by atoms with Gasteiger partial charge in [0.05, 0.1) is 5.69 Å². The third-order valence-corrected chi connectivity index (χ3v) is 3.60. The third-order valence-electron chi connectivity index (χ3n) is 3.60. The average Bonchev–Trinajstić information content (AvgIpc) is 2.79. The number of likely N-dealkylation sites (N-methyl/N-ethyl adjacent to an activating group) is 1. The zero-order chi connectivity index (χ0) is 15.4. The van der Waals surface area contributed by atoms with Crippen molar-refractivity contribution in [3.8, 4) is 0 Å². The quantitative estimate of drug-likeness (QED) is 0.886. The van der Waals surface area contributed by atoms with Crippen molar-refractivity contribution in [3.63, 3.8) is 0 Å². The minimum atomic E-state index is -0.515. The number of benzene rings is 1. The van der Waals surface area contributed by atoms with Crippen molar-refractivity contribution < 1.29 is 8.78 Å². The summed E-state index contributed by atoms with van der Waals surface area (Å²) in [5.74, 6) is -1.03. The molecule has 2 aromatic rings. The van der Waals surface area contributed by atoms with Gasteiger partial charge in [0.1, 0.15) is 11.6 Å². The molecule has 0 aliphatic rings. The third kappa shape index (κ3) is 3.47. The maximum Gasteiger partial charge on any atom is 0.130 e. The molecular weight excluding hydrogens is 272 g/mol. The lowest BCUT2D eigenvalue weighted by Gasteiger charge is -2.19. The van der Waals surface area contributed by atoms with Crippen LogP contribution in [-0.4, -0.2) is 16.3 Å². The molecule has 0 radical (unpaired) electrons. The second-order valence-corrected chi connectivity index (χ2v) is 5.05. The predicted octanol–water partition coefficient (Wildman–Crippen LogP) is 3.15. The number of aromatic nitrogens is 2. The molecule has 2 rings (SSSR count). The topological polar surface area (TPSA) is 29.9 Å². The molecule has 0 saturated carbocycles. The van der Waals surface area contributed by atoms with Crippen LogP contribution in [0.4, 0.5) is 8.78 Å². The normalized spacial score (nSPS) is 12.6. The summed E-state index contributed by atoms with van der Waals surface area (Å²) in [6.45, 7) is 4.59. The van der Waals surface area contributed by atoms with Gasteiger partial charge in [-0.1, -0.05) is 19.9 Å². The number of hydrogen-bond acceptors (Lipinski definition) is 2. The molecule has 114 valence electrons. The zero-order valence-corrected chi connectivity index (χ0v) is 12.7. The molecule has 21 heavy (non-hydrogen) atoms. The van der Waals surface area contributed by atoms with Gasteiger partial charge in [-0.25, -0.2) is 8.78 Å². The molecule has 3 nitrogen and oxygen atoms in total. The van der Waals surface area contributed by atoms with Crippen molar-refractivity contribution in [1.29, 1.82) is 0 Å². The van der Waals surface area contributed by atoms with Crippen LogP contribution in [-0.2, 0) is 19.9 Å². The van der Waals surface area contributed by atoms with Gasteiger partial charge in [-0.05, 0) is 31.2 Å². The Balaban J connectivity index is 2.33. The number of nitrogens with one attached hydrogen (secondary N) is 1. The highest BCUT2D eigenvalue weighted by atomic mass is 19.1. The summed E-state index contributed by atoms with van der Waals surface area (Å²) in [5.41, 5.74) is 2.04. The number of rotatable bonds is 6. The van der Waals surface area contributed by atoms with Crippen LogP contribution in [0.2, 0.25) is 0 Å². The molecule has 0 amide bonds. The summed E-state index contributed by atoms with van der Waals surface area (Å²) < 4.78 is 29.8. The molecule has 1 heterocycles. The van der Waals surface area contributed by atoms with Gasteiger partial charge in [0.2, 0.25) is 0 Å². The largest absolute Gasteiger partial charge is 0.310 e. The molecule has 0 bridgehead atoms. The molecule has 0 saturated heterocycles. The summed E-state index contributed by atoms with van der Waals surface area (Å²) in [5, 5.41) is 7.54. The first-order chi connectivity index (χ1) is 10.1. The summed E-state index contributed by atoms with van der Waals surface area (Å²) in [6, 6.07) is 5.56. The Morgan fingerprint density at radius 3 is 2.43 bits per heavy atom. The van der Waals surface area contributed by atoms with Crippen molar-refractivity contribution in [2.45, 2.75) is 32.7 Å². The molecular formula is C16H21F2N3. The molecule has 0 spiro atoms. The fraction of sp³-hybridized carbons (Fsp3) is 0.438. The highest BCUT2D eigenvalue weighted by Crippen LogP contribution is 2.24. The number of halogens is 2. The molecule has 0 fully saturated rings. The van der Waals surface area contributed by atoms with Gasteiger partial charge in [0, 0.05) is 30.8 Å². The van der Waals surface area contributed by atoms with E-state index < -0.39 is 17.7 Å². The van der Waals surface area contributed by atoms with Crippen LogP contribution in [0.3, 0.4) is 0 Å². The molecule has 0 aliphatic carbocycles. The van der Waals surface area contributed by atoms with Gasteiger partial charge in [-0.15, -0.1) is 0 Å². The van der Waals surface area contributed by atoms with E-state index in [1.54, 1.807) is 4.68 Å². The molecule has 1 atom stereocenters. The van der Waals surface area contributed by atoms with Crippen LogP contribution in [0.5, 0.6) is 0 Å². The van der Waals surface area contributed by atoms with Crippen LogP contribution in [0.1, 0.15) is 36.8 Å². The number of hydrogen-bond donors (Lipinski definition) is 1.